The van der Waals surface area contributed by atoms with Crippen LogP contribution < -0.4 is 10.6 Å². The summed E-state index contributed by atoms with van der Waals surface area (Å²) in [6.07, 6.45) is 5.74. The van der Waals surface area contributed by atoms with E-state index in [0.717, 1.165) is 56.6 Å². The van der Waals surface area contributed by atoms with E-state index >= 15 is 0 Å². The monoisotopic (exact) mass is 425 g/mol. The lowest BCUT2D eigenvalue weighted by atomic mass is 10.0. The number of aliphatic imine (C=N–C) groups is 1. The summed E-state index contributed by atoms with van der Waals surface area (Å²) in [5, 5.41) is 11.7. The minimum Gasteiger partial charge on any atom is -0.377 e. The second-order valence-corrected chi connectivity index (χ2v) is 8.50. The standard InChI is InChI=1S/C23H35N7O/c1-24-23(26-19-11-12-22-27-21(17-31-2)28-30(22)16-19)25-14-20-10-6-7-13-29(20)15-18-8-4-3-5-9-18/h3-5,8-9,19-20H,6-7,10-17H2,1-2H3,(H2,24,25,26). The molecule has 3 heterocycles. The van der Waals surface area contributed by atoms with E-state index in [9.17, 15) is 0 Å². The molecule has 168 valence electrons. The van der Waals surface area contributed by atoms with Gasteiger partial charge in [0.1, 0.15) is 12.4 Å². The number of hydrogen-bond donors (Lipinski definition) is 2. The second kappa shape index (κ2) is 10.7. The molecule has 2 aliphatic heterocycles. The molecule has 4 rings (SSSR count). The molecule has 0 spiro atoms. The first kappa shape index (κ1) is 21.8. The highest BCUT2D eigenvalue weighted by molar-refractivity contribution is 5.80. The van der Waals surface area contributed by atoms with Crippen molar-refractivity contribution >= 4 is 5.96 Å². The Hall–Kier alpha value is -2.45. The molecule has 2 aromatic rings. The van der Waals surface area contributed by atoms with Gasteiger partial charge >= 0.3 is 0 Å². The zero-order valence-corrected chi connectivity index (χ0v) is 18.8. The maximum atomic E-state index is 5.16. The van der Waals surface area contributed by atoms with Gasteiger partial charge in [-0.2, -0.15) is 5.10 Å². The molecule has 2 atom stereocenters. The van der Waals surface area contributed by atoms with Crippen LogP contribution in [0.3, 0.4) is 0 Å². The molecule has 0 bridgehead atoms. The van der Waals surface area contributed by atoms with Crippen LogP contribution in [0.25, 0.3) is 0 Å². The van der Waals surface area contributed by atoms with E-state index in [4.69, 9.17) is 4.74 Å². The number of aromatic nitrogens is 3. The van der Waals surface area contributed by atoms with Crippen molar-refractivity contribution in [1.82, 2.24) is 30.3 Å². The van der Waals surface area contributed by atoms with Crippen LogP contribution in [0.2, 0.25) is 0 Å². The second-order valence-electron chi connectivity index (χ2n) is 8.50. The Morgan fingerprint density at radius 3 is 2.90 bits per heavy atom. The predicted octanol–water partition coefficient (Wildman–Crippen LogP) is 1.96. The smallest absolute Gasteiger partial charge is 0.191 e. The summed E-state index contributed by atoms with van der Waals surface area (Å²) in [7, 11) is 3.52. The van der Waals surface area contributed by atoms with Gasteiger partial charge in [0.2, 0.25) is 0 Å². The Bertz CT molecular complexity index is 851. The van der Waals surface area contributed by atoms with Crippen molar-refractivity contribution in [3.05, 3.63) is 47.5 Å². The van der Waals surface area contributed by atoms with Crippen LogP contribution in [-0.2, 0) is 30.9 Å². The van der Waals surface area contributed by atoms with E-state index < -0.39 is 0 Å². The SMILES string of the molecule is CN=C(NCC1CCCCN1Cc1ccccc1)NC1CCc2nc(COC)nn2C1. The Morgan fingerprint density at radius 1 is 1.23 bits per heavy atom. The number of rotatable bonds is 7. The summed E-state index contributed by atoms with van der Waals surface area (Å²) in [6, 6.07) is 11.6. The molecule has 0 amide bonds. The molecule has 0 radical (unpaired) electrons. The third-order valence-electron chi connectivity index (χ3n) is 6.22. The summed E-state index contributed by atoms with van der Waals surface area (Å²) < 4.78 is 7.17. The number of likely N-dealkylation sites (tertiary alicyclic amines) is 1. The van der Waals surface area contributed by atoms with Crippen LogP contribution in [0.15, 0.2) is 35.3 Å². The van der Waals surface area contributed by atoms with Gasteiger partial charge in [-0.1, -0.05) is 36.8 Å². The highest BCUT2D eigenvalue weighted by atomic mass is 16.5. The van der Waals surface area contributed by atoms with Crippen LogP contribution in [0.5, 0.6) is 0 Å². The van der Waals surface area contributed by atoms with Crippen LogP contribution in [0, 0.1) is 0 Å². The number of ether oxygens (including phenoxy) is 1. The average Bonchev–Trinajstić information content (AvgIpc) is 3.20. The Balaban J connectivity index is 1.29. The highest BCUT2D eigenvalue weighted by Crippen LogP contribution is 2.19. The summed E-state index contributed by atoms with van der Waals surface area (Å²) in [6.45, 7) is 4.35. The molecule has 1 aromatic carbocycles. The van der Waals surface area contributed by atoms with Gasteiger partial charge in [-0.05, 0) is 31.4 Å². The number of hydrogen-bond acceptors (Lipinski definition) is 5. The molecule has 31 heavy (non-hydrogen) atoms. The number of aryl methyl sites for hydroxylation is 1. The van der Waals surface area contributed by atoms with Gasteiger partial charge < -0.3 is 15.4 Å². The zero-order valence-electron chi connectivity index (χ0n) is 18.8. The highest BCUT2D eigenvalue weighted by Gasteiger charge is 2.25. The Labute approximate surface area is 185 Å². The molecule has 2 aliphatic rings. The lowest BCUT2D eigenvalue weighted by Crippen LogP contribution is -2.51. The van der Waals surface area contributed by atoms with Crippen molar-refractivity contribution in [1.29, 1.82) is 0 Å². The molecule has 8 nitrogen and oxygen atoms in total. The zero-order chi connectivity index (χ0) is 21.5. The van der Waals surface area contributed by atoms with Crippen molar-refractivity contribution in [2.24, 2.45) is 4.99 Å². The first-order chi connectivity index (χ1) is 15.2. The van der Waals surface area contributed by atoms with E-state index in [-0.39, 0.29) is 0 Å². The largest absolute Gasteiger partial charge is 0.377 e. The van der Waals surface area contributed by atoms with Gasteiger partial charge in [0.25, 0.3) is 0 Å². The molecule has 0 saturated carbocycles. The Kier molecular flexibility index (Phi) is 7.53. The third kappa shape index (κ3) is 5.83. The molecular formula is C23H35N7O. The maximum Gasteiger partial charge on any atom is 0.191 e. The number of guanidine groups is 1. The lowest BCUT2D eigenvalue weighted by Gasteiger charge is -2.36. The fourth-order valence-corrected chi connectivity index (χ4v) is 4.59. The molecule has 1 saturated heterocycles. The quantitative estimate of drug-likeness (QED) is 0.522. The molecule has 1 aromatic heterocycles. The number of fused-ring (bicyclic) bond motifs is 1. The summed E-state index contributed by atoms with van der Waals surface area (Å²) in [4.78, 5) is 11.6. The van der Waals surface area contributed by atoms with Gasteiger partial charge in [0.15, 0.2) is 11.8 Å². The van der Waals surface area contributed by atoms with E-state index in [2.05, 4.69) is 60.9 Å². The third-order valence-corrected chi connectivity index (χ3v) is 6.22. The fraction of sp³-hybridized carbons (Fsp3) is 0.609. The first-order valence-corrected chi connectivity index (χ1v) is 11.4. The van der Waals surface area contributed by atoms with E-state index in [0.29, 0.717) is 18.7 Å². The van der Waals surface area contributed by atoms with Gasteiger partial charge in [-0.3, -0.25) is 9.89 Å². The van der Waals surface area contributed by atoms with Gasteiger partial charge in [-0.25, -0.2) is 9.67 Å². The van der Waals surface area contributed by atoms with Crippen molar-refractivity contribution in [3.63, 3.8) is 0 Å². The van der Waals surface area contributed by atoms with E-state index in [1.54, 1.807) is 7.11 Å². The van der Waals surface area contributed by atoms with Crippen LogP contribution in [-0.4, -0.2) is 65.0 Å². The average molecular weight is 426 g/mol. The van der Waals surface area contributed by atoms with Crippen molar-refractivity contribution < 1.29 is 4.74 Å². The van der Waals surface area contributed by atoms with Gasteiger partial charge in [0.05, 0.1) is 6.54 Å². The number of benzene rings is 1. The van der Waals surface area contributed by atoms with E-state index in [1.165, 1.54) is 24.8 Å². The van der Waals surface area contributed by atoms with Crippen LogP contribution >= 0.6 is 0 Å². The molecule has 2 N–H and O–H groups in total. The number of piperidine rings is 1. The minimum atomic E-state index is 0.294. The molecule has 0 aliphatic carbocycles. The summed E-state index contributed by atoms with van der Waals surface area (Å²) >= 11 is 0. The topological polar surface area (TPSA) is 79.6 Å². The lowest BCUT2D eigenvalue weighted by molar-refractivity contribution is 0.141. The normalized spacial score (nSPS) is 22.2. The molecule has 1 fully saturated rings. The molecular weight excluding hydrogens is 390 g/mol. The summed E-state index contributed by atoms with van der Waals surface area (Å²) in [5.74, 6) is 2.68. The van der Waals surface area contributed by atoms with Gasteiger partial charge in [-0.15, -0.1) is 0 Å². The van der Waals surface area contributed by atoms with E-state index in [1.807, 2.05) is 11.7 Å². The number of nitrogens with zero attached hydrogens (tertiary/aromatic N) is 5. The first-order valence-electron chi connectivity index (χ1n) is 11.4. The number of methoxy groups -OCH3 is 1. The fourth-order valence-electron chi connectivity index (χ4n) is 4.59. The minimum absolute atomic E-state index is 0.294. The maximum absolute atomic E-state index is 5.16. The molecule has 8 heteroatoms. The predicted molar refractivity (Wildman–Crippen MR) is 122 cm³/mol. The van der Waals surface area contributed by atoms with Crippen molar-refractivity contribution in [2.75, 3.05) is 27.2 Å². The molecule has 2 unspecified atom stereocenters. The van der Waals surface area contributed by atoms with Crippen molar-refractivity contribution in [2.45, 2.75) is 63.9 Å². The van der Waals surface area contributed by atoms with Crippen molar-refractivity contribution in [3.8, 4) is 0 Å². The number of nitrogens with one attached hydrogen (secondary N) is 2. The summed E-state index contributed by atoms with van der Waals surface area (Å²) in [5.41, 5.74) is 1.38. The van der Waals surface area contributed by atoms with Crippen LogP contribution in [0.1, 0.15) is 42.9 Å². The van der Waals surface area contributed by atoms with Crippen LogP contribution in [0.4, 0.5) is 0 Å². The van der Waals surface area contributed by atoms with Gasteiger partial charge in [0, 0.05) is 45.8 Å². The Morgan fingerprint density at radius 2 is 2.10 bits per heavy atom.